The zero-order valence-electron chi connectivity index (χ0n) is 24.7. The highest BCUT2D eigenvalue weighted by atomic mass is 16.3. The van der Waals surface area contributed by atoms with E-state index in [-0.39, 0.29) is 6.04 Å². The first-order valence-corrected chi connectivity index (χ1v) is 15.4. The smallest absolute Gasteiger partial charge is 0.155 e. The minimum absolute atomic E-state index is 0.00979. The van der Waals surface area contributed by atoms with Gasteiger partial charge in [0.2, 0.25) is 0 Å². The molecule has 2 unspecified atom stereocenters. The normalized spacial score (nSPS) is 19.7. The summed E-state index contributed by atoms with van der Waals surface area (Å²) < 4.78 is 6.14. The summed E-state index contributed by atoms with van der Waals surface area (Å²) in [6.45, 7) is 2.32. The highest BCUT2D eigenvalue weighted by molar-refractivity contribution is 6.15. The summed E-state index contributed by atoms with van der Waals surface area (Å²) in [5.41, 5.74) is 8.69. The number of amidine groups is 1. The highest BCUT2D eigenvalue weighted by Gasteiger charge is 2.24. The first kappa shape index (κ1) is 26.4. The summed E-state index contributed by atoms with van der Waals surface area (Å²) in [6, 6.07) is 49.2. The molecular formula is C41H32N2O. The van der Waals surface area contributed by atoms with Crippen molar-refractivity contribution in [2.45, 2.75) is 25.8 Å². The van der Waals surface area contributed by atoms with Crippen LogP contribution in [0.15, 0.2) is 154 Å². The number of rotatable bonds is 4. The zero-order valence-corrected chi connectivity index (χ0v) is 24.7. The second-order valence-corrected chi connectivity index (χ2v) is 11.8. The Hall–Kier alpha value is -5.28. The first-order chi connectivity index (χ1) is 21.7. The fraction of sp³-hybridized carbons (Fsp3) is 0.122. The van der Waals surface area contributed by atoms with E-state index in [1.165, 1.54) is 27.5 Å². The lowest BCUT2D eigenvalue weighted by Gasteiger charge is -2.25. The van der Waals surface area contributed by atoms with Crippen molar-refractivity contribution in [1.29, 1.82) is 0 Å². The quantitative estimate of drug-likeness (QED) is 0.208. The summed E-state index contributed by atoms with van der Waals surface area (Å²) in [5, 5.41) is 4.72. The van der Waals surface area contributed by atoms with Crippen LogP contribution in [0.5, 0.6) is 0 Å². The minimum Gasteiger partial charge on any atom is -0.456 e. The van der Waals surface area contributed by atoms with Crippen LogP contribution in [-0.2, 0) is 0 Å². The van der Waals surface area contributed by atoms with Crippen molar-refractivity contribution in [3.8, 4) is 11.1 Å². The van der Waals surface area contributed by atoms with Crippen LogP contribution in [-0.4, -0.2) is 11.5 Å². The molecule has 0 aliphatic carbocycles. The van der Waals surface area contributed by atoms with Crippen molar-refractivity contribution in [2.24, 2.45) is 15.9 Å². The Bertz CT molecular complexity index is 2180. The van der Waals surface area contributed by atoms with Crippen LogP contribution in [0.3, 0.4) is 0 Å². The summed E-state index contributed by atoms with van der Waals surface area (Å²) in [4.78, 5) is 10.7. The van der Waals surface area contributed by atoms with Gasteiger partial charge in [-0.25, -0.2) is 4.99 Å². The van der Waals surface area contributed by atoms with Gasteiger partial charge in [0.15, 0.2) is 5.84 Å². The van der Waals surface area contributed by atoms with E-state index in [9.17, 15) is 0 Å². The van der Waals surface area contributed by atoms with Crippen molar-refractivity contribution in [3.63, 3.8) is 0 Å². The second kappa shape index (κ2) is 11.1. The van der Waals surface area contributed by atoms with Gasteiger partial charge < -0.3 is 4.42 Å². The molecule has 1 aromatic heterocycles. The molecule has 44 heavy (non-hydrogen) atoms. The van der Waals surface area contributed by atoms with Gasteiger partial charge in [-0.3, -0.25) is 4.99 Å². The lowest BCUT2D eigenvalue weighted by Crippen LogP contribution is -2.18. The van der Waals surface area contributed by atoms with Gasteiger partial charge in [-0.1, -0.05) is 122 Å². The molecule has 1 aliphatic heterocycles. The molecule has 2 heterocycles. The maximum Gasteiger partial charge on any atom is 0.155 e. The van der Waals surface area contributed by atoms with Gasteiger partial charge in [0.1, 0.15) is 11.2 Å². The Labute approximate surface area is 257 Å². The lowest BCUT2D eigenvalue weighted by molar-refractivity contribution is 0.446. The van der Waals surface area contributed by atoms with E-state index >= 15 is 0 Å². The van der Waals surface area contributed by atoms with Crippen LogP contribution >= 0.6 is 0 Å². The van der Waals surface area contributed by atoms with Gasteiger partial charge in [0.05, 0.1) is 11.8 Å². The van der Waals surface area contributed by atoms with Crippen molar-refractivity contribution in [2.75, 3.05) is 0 Å². The third-order valence-corrected chi connectivity index (χ3v) is 8.97. The SMILES string of the molecule is CC1CC/C(c2ccccc2)=N\C(c2ccc3oc4ccccc4c3c2)=N/C1c1ccc(-c2cccc3ccccc23)cc1. The molecule has 7 aromatic rings. The first-order valence-electron chi connectivity index (χ1n) is 15.4. The van der Waals surface area contributed by atoms with Crippen molar-refractivity contribution < 1.29 is 4.42 Å². The molecule has 6 aromatic carbocycles. The predicted octanol–water partition coefficient (Wildman–Crippen LogP) is 10.8. The molecule has 3 nitrogen and oxygen atoms in total. The molecular weight excluding hydrogens is 536 g/mol. The maximum absolute atomic E-state index is 6.14. The predicted molar refractivity (Wildman–Crippen MR) is 184 cm³/mol. The van der Waals surface area contributed by atoms with Crippen LogP contribution in [0.4, 0.5) is 0 Å². The van der Waals surface area contributed by atoms with Gasteiger partial charge in [-0.2, -0.15) is 0 Å². The highest BCUT2D eigenvalue weighted by Crippen LogP contribution is 2.36. The van der Waals surface area contributed by atoms with E-state index in [2.05, 4.69) is 134 Å². The molecule has 0 bridgehead atoms. The summed E-state index contributed by atoms with van der Waals surface area (Å²) in [6.07, 6.45) is 1.90. The molecule has 0 fully saturated rings. The second-order valence-electron chi connectivity index (χ2n) is 11.8. The standard InChI is InChI=1S/C41H32N2O/c1-27-18-24-37(30-11-3-2-4-12-30)42-41(32-23-25-39-36(26-32)35-15-7-8-17-38(35)44-39)43-40(27)31-21-19-29(20-22-31)34-16-9-13-28-10-5-6-14-33(28)34/h2-17,19-23,25-27,40H,18,24H2,1H3/b42-37+,43-41-. The average molecular weight is 569 g/mol. The van der Waals surface area contributed by atoms with Crippen LogP contribution in [0, 0.1) is 5.92 Å². The molecule has 8 rings (SSSR count). The van der Waals surface area contributed by atoms with E-state index in [4.69, 9.17) is 14.4 Å². The Kier molecular flexibility index (Phi) is 6.64. The summed E-state index contributed by atoms with van der Waals surface area (Å²) in [5.74, 6) is 1.10. The third kappa shape index (κ3) is 4.81. The number of hydrogen-bond acceptors (Lipinski definition) is 3. The average Bonchev–Trinajstić information content (AvgIpc) is 3.45. The largest absolute Gasteiger partial charge is 0.456 e. The number of nitrogens with zero attached hydrogens (tertiary/aromatic N) is 2. The number of hydrogen-bond donors (Lipinski definition) is 0. The van der Waals surface area contributed by atoms with Gasteiger partial charge in [0.25, 0.3) is 0 Å². The van der Waals surface area contributed by atoms with Crippen molar-refractivity contribution >= 4 is 44.3 Å². The van der Waals surface area contributed by atoms with Crippen LogP contribution in [0.25, 0.3) is 43.8 Å². The molecule has 0 saturated carbocycles. The summed E-state index contributed by atoms with van der Waals surface area (Å²) in [7, 11) is 0. The molecule has 212 valence electrons. The fourth-order valence-electron chi connectivity index (χ4n) is 6.58. The zero-order chi connectivity index (χ0) is 29.5. The number of para-hydroxylation sites is 1. The van der Waals surface area contributed by atoms with E-state index in [0.29, 0.717) is 5.92 Å². The van der Waals surface area contributed by atoms with E-state index in [1.54, 1.807) is 0 Å². The number of aliphatic imine (C=N–C) groups is 2. The minimum atomic E-state index is -0.00979. The Balaban J connectivity index is 1.25. The van der Waals surface area contributed by atoms with Crippen LogP contribution in [0.2, 0.25) is 0 Å². The molecule has 0 amide bonds. The lowest BCUT2D eigenvalue weighted by atomic mass is 9.87. The molecule has 0 saturated heterocycles. The van der Waals surface area contributed by atoms with Gasteiger partial charge >= 0.3 is 0 Å². The molecule has 3 heteroatoms. The van der Waals surface area contributed by atoms with E-state index in [1.807, 2.05) is 12.1 Å². The Morgan fingerprint density at radius 2 is 1.30 bits per heavy atom. The van der Waals surface area contributed by atoms with Crippen molar-refractivity contribution in [3.05, 3.63) is 156 Å². The van der Waals surface area contributed by atoms with Crippen LogP contribution in [0.1, 0.15) is 42.5 Å². The topological polar surface area (TPSA) is 37.9 Å². The Morgan fingerprint density at radius 1 is 0.591 bits per heavy atom. The molecule has 0 radical (unpaired) electrons. The number of benzene rings is 6. The molecule has 0 N–H and O–H groups in total. The van der Waals surface area contributed by atoms with Crippen LogP contribution < -0.4 is 0 Å². The number of fused-ring (bicyclic) bond motifs is 4. The monoisotopic (exact) mass is 568 g/mol. The van der Waals surface area contributed by atoms with Crippen molar-refractivity contribution in [1.82, 2.24) is 0 Å². The molecule has 0 spiro atoms. The number of furan rings is 1. The molecule has 2 atom stereocenters. The van der Waals surface area contributed by atoms with Gasteiger partial charge in [0, 0.05) is 16.3 Å². The Morgan fingerprint density at radius 3 is 2.16 bits per heavy atom. The van der Waals surface area contributed by atoms with Gasteiger partial charge in [-0.15, -0.1) is 0 Å². The van der Waals surface area contributed by atoms with E-state index < -0.39 is 0 Å². The molecule has 1 aliphatic rings. The van der Waals surface area contributed by atoms with E-state index in [0.717, 1.165) is 57.5 Å². The van der Waals surface area contributed by atoms with Gasteiger partial charge in [-0.05, 0) is 76.1 Å². The summed E-state index contributed by atoms with van der Waals surface area (Å²) >= 11 is 0. The fourth-order valence-corrected chi connectivity index (χ4v) is 6.58. The third-order valence-electron chi connectivity index (χ3n) is 8.97. The maximum atomic E-state index is 6.14.